The Hall–Kier alpha value is -1.22. The summed E-state index contributed by atoms with van der Waals surface area (Å²) in [4.78, 5) is 0. The largest absolute Gasteiger partial charge is 0.489 e. The topological polar surface area (TPSA) is 30.5 Å². The van der Waals surface area contributed by atoms with Gasteiger partial charge >= 0.3 is 0 Å². The zero-order valence-electron chi connectivity index (χ0n) is 12.2. The summed E-state index contributed by atoms with van der Waals surface area (Å²) in [5.41, 5.74) is 1.11. The van der Waals surface area contributed by atoms with Crippen LogP contribution >= 0.6 is 0 Å². The van der Waals surface area contributed by atoms with Crippen molar-refractivity contribution in [3.63, 3.8) is 0 Å². The van der Waals surface area contributed by atoms with Crippen LogP contribution in [0.1, 0.15) is 39.5 Å². The van der Waals surface area contributed by atoms with Crippen LogP contribution in [-0.4, -0.2) is 25.4 Å². The third-order valence-electron chi connectivity index (χ3n) is 3.62. The van der Waals surface area contributed by atoms with Gasteiger partial charge in [-0.25, -0.2) is 0 Å². The minimum atomic E-state index is 0.201. The normalized spacial score (nSPS) is 23.4. The van der Waals surface area contributed by atoms with Gasteiger partial charge in [-0.3, -0.25) is 0 Å². The molecule has 3 heteroatoms. The first-order chi connectivity index (χ1) is 9.19. The van der Waals surface area contributed by atoms with Crippen molar-refractivity contribution in [2.24, 2.45) is 0 Å². The molecule has 1 N–H and O–H groups in total. The van der Waals surface area contributed by atoms with E-state index in [9.17, 15) is 0 Å². The maximum absolute atomic E-state index is 5.84. The van der Waals surface area contributed by atoms with E-state index in [-0.39, 0.29) is 6.10 Å². The van der Waals surface area contributed by atoms with Gasteiger partial charge in [-0.15, -0.1) is 0 Å². The van der Waals surface area contributed by atoms with Crippen LogP contribution in [0.3, 0.4) is 0 Å². The zero-order chi connectivity index (χ0) is 13.7. The SMILES string of the molecule is COC1CCC(Nc2ccccc2OC(C)C)CC1. The molecule has 3 nitrogen and oxygen atoms in total. The van der Waals surface area contributed by atoms with Crippen LogP contribution in [0.25, 0.3) is 0 Å². The first kappa shape index (κ1) is 14.2. The van der Waals surface area contributed by atoms with Crippen LogP contribution < -0.4 is 10.1 Å². The van der Waals surface area contributed by atoms with E-state index < -0.39 is 0 Å². The Morgan fingerprint density at radius 2 is 1.79 bits per heavy atom. The fourth-order valence-corrected chi connectivity index (χ4v) is 2.61. The van der Waals surface area contributed by atoms with Crippen molar-refractivity contribution < 1.29 is 9.47 Å². The second-order valence-corrected chi connectivity index (χ2v) is 5.52. The Bertz CT molecular complexity index is 384. The van der Waals surface area contributed by atoms with Gasteiger partial charge in [0, 0.05) is 13.2 Å². The monoisotopic (exact) mass is 263 g/mol. The van der Waals surface area contributed by atoms with E-state index in [2.05, 4.69) is 31.3 Å². The van der Waals surface area contributed by atoms with Gasteiger partial charge in [-0.05, 0) is 51.7 Å². The predicted octanol–water partition coefficient (Wildman–Crippen LogP) is 3.84. The highest BCUT2D eigenvalue weighted by Gasteiger charge is 2.21. The van der Waals surface area contributed by atoms with Gasteiger partial charge in [0.05, 0.1) is 17.9 Å². The molecule has 1 fully saturated rings. The summed E-state index contributed by atoms with van der Waals surface area (Å²) in [6.45, 7) is 4.11. The van der Waals surface area contributed by atoms with Crippen LogP contribution in [-0.2, 0) is 4.74 Å². The Morgan fingerprint density at radius 1 is 1.11 bits per heavy atom. The summed E-state index contributed by atoms with van der Waals surface area (Å²) in [5.74, 6) is 0.950. The third-order valence-corrected chi connectivity index (χ3v) is 3.62. The van der Waals surface area contributed by atoms with Gasteiger partial charge in [0.25, 0.3) is 0 Å². The lowest BCUT2D eigenvalue weighted by molar-refractivity contribution is 0.0681. The first-order valence-electron chi connectivity index (χ1n) is 7.24. The molecular weight excluding hydrogens is 238 g/mol. The average Bonchev–Trinajstić information content (AvgIpc) is 2.41. The molecule has 2 rings (SSSR count). The van der Waals surface area contributed by atoms with E-state index in [0.717, 1.165) is 37.1 Å². The second kappa shape index (κ2) is 6.80. The second-order valence-electron chi connectivity index (χ2n) is 5.52. The van der Waals surface area contributed by atoms with Crippen molar-refractivity contribution in [1.82, 2.24) is 0 Å². The number of anilines is 1. The van der Waals surface area contributed by atoms with E-state index in [4.69, 9.17) is 9.47 Å². The smallest absolute Gasteiger partial charge is 0.142 e. The fourth-order valence-electron chi connectivity index (χ4n) is 2.61. The maximum atomic E-state index is 5.84. The number of nitrogens with one attached hydrogen (secondary N) is 1. The van der Waals surface area contributed by atoms with Gasteiger partial charge in [0.15, 0.2) is 0 Å². The highest BCUT2D eigenvalue weighted by atomic mass is 16.5. The van der Waals surface area contributed by atoms with E-state index in [1.807, 2.05) is 19.2 Å². The van der Waals surface area contributed by atoms with Crippen LogP contribution in [0.15, 0.2) is 24.3 Å². The lowest BCUT2D eigenvalue weighted by Gasteiger charge is -2.29. The maximum Gasteiger partial charge on any atom is 0.142 e. The van der Waals surface area contributed by atoms with E-state index in [1.54, 1.807) is 0 Å². The molecule has 0 bridgehead atoms. The van der Waals surface area contributed by atoms with Crippen molar-refractivity contribution in [3.8, 4) is 5.75 Å². The molecular formula is C16H25NO2. The summed E-state index contributed by atoms with van der Waals surface area (Å²) in [7, 11) is 1.81. The molecule has 0 saturated heterocycles. The van der Waals surface area contributed by atoms with Gasteiger partial charge < -0.3 is 14.8 Å². The van der Waals surface area contributed by atoms with Crippen molar-refractivity contribution in [2.45, 2.75) is 57.8 Å². The van der Waals surface area contributed by atoms with Crippen molar-refractivity contribution in [3.05, 3.63) is 24.3 Å². The molecule has 1 aromatic rings. The quantitative estimate of drug-likeness (QED) is 0.875. The molecule has 0 atom stereocenters. The van der Waals surface area contributed by atoms with E-state index in [0.29, 0.717) is 12.1 Å². The molecule has 1 aliphatic rings. The third kappa shape index (κ3) is 4.13. The number of ether oxygens (including phenoxy) is 2. The number of methoxy groups -OCH3 is 1. The number of rotatable bonds is 5. The highest BCUT2D eigenvalue weighted by Crippen LogP contribution is 2.29. The van der Waals surface area contributed by atoms with Crippen molar-refractivity contribution in [2.75, 3.05) is 12.4 Å². The van der Waals surface area contributed by atoms with Crippen LogP contribution in [0.2, 0.25) is 0 Å². The summed E-state index contributed by atoms with van der Waals surface area (Å²) >= 11 is 0. The molecule has 1 aromatic carbocycles. The summed E-state index contributed by atoms with van der Waals surface area (Å²) in [6.07, 6.45) is 5.25. The molecule has 19 heavy (non-hydrogen) atoms. The average molecular weight is 263 g/mol. The molecule has 1 aliphatic carbocycles. The Balaban J connectivity index is 1.95. The lowest BCUT2D eigenvalue weighted by Crippen LogP contribution is -2.29. The Morgan fingerprint density at radius 3 is 2.42 bits per heavy atom. The minimum absolute atomic E-state index is 0.201. The zero-order valence-corrected chi connectivity index (χ0v) is 12.2. The van der Waals surface area contributed by atoms with E-state index in [1.165, 1.54) is 0 Å². The molecule has 0 heterocycles. The molecule has 106 valence electrons. The molecule has 1 saturated carbocycles. The lowest BCUT2D eigenvalue weighted by atomic mass is 9.93. The van der Waals surface area contributed by atoms with Gasteiger partial charge in [0.1, 0.15) is 5.75 Å². The molecule has 0 aliphatic heterocycles. The van der Waals surface area contributed by atoms with Crippen molar-refractivity contribution >= 4 is 5.69 Å². The van der Waals surface area contributed by atoms with E-state index >= 15 is 0 Å². The van der Waals surface area contributed by atoms with Gasteiger partial charge in [0.2, 0.25) is 0 Å². The Labute approximate surface area is 116 Å². The first-order valence-corrected chi connectivity index (χ1v) is 7.24. The van der Waals surface area contributed by atoms with Crippen LogP contribution in [0.4, 0.5) is 5.69 Å². The molecule has 0 aromatic heterocycles. The van der Waals surface area contributed by atoms with Crippen molar-refractivity contribution in [1.29, 1.82) is 0 Å². The minimum Gasteiger partial charge on any atom is -0.489 e. The Kier molecular flexibility index (Phi) is 5.08. The summed E-state index contributed by atoms with van der Waals surface area (Å²) in [5, 5.41) is 3.62. The van der Waals surface area contributed by atoms with Gasteiger partial charge in [-0.1, -0.05) is 12.1 Å². The standard InChI is InChI=1S/C16H25NO2/c1-12(2)19-16-7-5-4-6-15(16)17-13-8-10-14(18-3)11-9-13/h4-7,12-14,17H,8-11H2,1-3H3. The van der Waals surface area contributed by atoms with Crippen LogP contribution in [0, 0.1) is 0 Å². The number of benzene rings is 1. The molecule has 0 amide bonds. The summed E-state index contributed by atoms with van der Waals surface area (Å²) in [6, 6.07) is 8.73. The van der Waals surface area contributed by atoms with Gasteiger partial charge in [-0.2, -0.15) is 0 Å². The summed E-state index contributed by atoms with van der Waals surface area (Å²) < 4.78 is 11.3. The number of hydrogen-bond donors (Lipinski definition) is 1. The highest BCUT2D eigenvalue weighted by molar-refractivity contribution is 5.56. The predicted molar refractivity (Wildman–Crippen MR) is 78.9 cm³/mol. The molecule has 0 unspecified atom stereocenters. The number of hydrogen-bond acceptors (Lipinski definition) is 3. The molecule has 0 spiro atoms. The fraction of sp³-hybridized carbons (Fsp3) is 0.625. The number of para-hydroxylation sites is 2. The van der Waals surface area contributed by atoms with Crippen LogP contribution in [0.5, 0.6) is 5.75 Å². The molecule has 0 radical (unpaired) electrons.